The number of hydrogen-bond donors (Lipinski definition) is 6. The summed E-state index contributed by atoms with van der Waals surface area (Å²) in [4.78, 5) is 89.6. The van der Waals surface area contributed by atoms with Crippen LogP contribution in [-0.4, -0.2) is 82.6 Å². The number of carboxylic acid groups (broad SMARTS) is 2. The molecule has 6 N–H and O–H groups in total. The number of para-hydroxylation sites is 1. The predicted octanol–water partition coefficient (Wildman–Crippen LogP) is 8.48. The molecule has 0 saturated heterocycles. The number of Topliss-reactive ketones (excluding diaryl/α,β-unsaturated/α-hetero) is 2. The summed E-state index contributed by atoms with van der Waals surface area (Å²) in [6.45, 7) is 1.85. The minimum absolute atomic E-state index is 0.0346. The average Bonchev–Trinajstić information content (AvgIpc) is 4.19. The summed E-state index contributed by atoms with van der Waals surface area (Å²) >= 11 is 1.00. The first-order valence-corrected chi connectivity index (χ1v) is 25.8. The number of pyridine rings is 2. The van der Waals surface area contributed by atoms with Gasteiger partial charge in [0.05, 0.1) is 11.4 Å². The zero-order chi connectivity index (χ0) is 49.5. The smallest absolute Gasteiger partial charge is 0.356 e. The van der Waals surface area contributed by atoms with Crippen molar-refractivity contribution in [1.29, 1.82) is 0 Å². The standard InChI is InChI=1S/C23H22N4O6S2.C22H20N4O6S2/c1-13-9-10-16(15(12-13)19(28)14-6-2-3-7-14)25-22(31)27-23-26-18(20(29)30)21(34-23)35(32,33)17-8-4-5-11-24-17;27-18(13-7-1-2-8-13)14-9-3-4-10-15(14)24-21(30)26-22-25-17(19(28)29)20(33-22)34(31,32)16-11-5-6-12-23-16/h4-5,8-12,14H,2-3,6-7H2,1H3,(H,29,30)(H2,25,26,27,31);3-6,9-13H,1-2,7-8H2,(H,28,29)(H2,24,25,26,30). The molecule has 20 nitrogen and oxygen atoms in total. The number of nitrogens with one attached hydrogen (secondary N) is 4. The normalized spacial score (nSPS) is 14.0. The lowest BCUT2D eigenvalue weighted by molar-refractivity contribution is 0.0677. The van der Waals surface area contributed by atoms with Crippen LogP contribution in [0, 0.1) is 18.8 Å². The number of rotatable bonds is 14. The van der Waals surface area contributed by atoms with Gasteiger partial charge >= 0.3 is 24.0 Å². The van der Waals surface area contributed by atoms with E-state index in [2.05, 4.69) is 41.2 Å². The first kappa shape index (κ1) is 49.6. The minimum Gasteiger partial charge on any atom is -0.476 e. The zero-order valence-corrected chi connectivity index (χ0v) is 39.6. The van der Waals surface area contributed by atoms with Crippen LogP contribution < -0.4 is 21.3 Å². The summed E-state index contributed by atoms with van der Waals surface area (Å²) in [5, 5.41) is 27.7. The fourth-order valence-electron chi connectivity index (χ4n) is 7.65. The summed E-state index contributed by atoms with van der Waals surface area (Å²) in [6.07, 6.45) is 9.74. The first-order chi connectivity index (χ1) is 32.9. The number of urea groups is 2. The number of benzene rings is 2. The Morgan fingerprint density at radius 2 is 0.971 bits per heavy atom. The molecule has 0 radical (unpaired) electrons. The molecule has 69 heavy (non-hydrogen) atoms. The molecule has 0 aliphatic heterocycles. The first-order valence-electron chi connectivity index (χ1n) is 21.2. The molecule has 358 valence electrons. The molecule has 4 aromatic heterocycles. The van der Waals surface area contributed by atoms with E-state index in [-0.39, 0.29) is 43.7 Å². The van der Waals surface area contributed by atoms with Crippen molar-refractivity contribution in [3.05, 3.63) is 119 Å². The Balaban J connectivity index is 0.000000204. The number of amides is 4. The van der Waals surface area contributed by atoms with Crippen LogP contribution in [0.5, 0.6) is 0 Å². The molecule has 0 atom stereocenters. The van der Waals surface area contributed by atoms with Gasteiger partial charge in [0.1, 0.15) is 0 Å². The summed E-state index contributed by atoms with van der Waals surface area (Å²) in [5.41, 5.74) is 0.817. The fraction of sp³-hybridized carbons (Fsp3) is 0.244. The van der Waals surface area contributed by atoms with Crippen molar-refractivity contribution < 1.29 is 55.8 Å². The van der Waals surface area contributed by atoms with E-state index >= 15 is 0 Å². The largest absolute Gasteiger partial charge is 0.476 e. The van der Waals surface area contributed by atoms with Gasteiger partial charge in [-0.15, -0.1) is 0 Å². The van der Waals surface area contributed by atoms with E-state index in [9.17, 15) is 55.8 Å². The maximum absolute atomic E-state index is 13.0. The van der Waals surface area contributed by atoms with Gasteiger partial charge in [-0.25, -0.2) is 55.9 Å². The highest BCUT2D eigenvalue weighted by Crippen LogP contribution is 2.35. The Bertz CT molecular complexity index is 3170. The van der Waals surface area contributed by atoms with Crippen molar-refractivity contribution in [2.75, 3.05) is 21.3 Å². The fourth-order valence-corrected chi connectivity index (χ4v) is 13.0. The Hall–Kier alpha value is -7.28. The second-order valence-electron chi connectivity index (χ2n) is 15.7. The quantitative estimate of drug-likeness (QED) is 0.0557. The maximum atomic E-state index is 13.0. The molecule has 0 unspecified atom stereocenters. The summed E-state index contributed by atoms with van der Waals surface area (Å²) in [7, 11) is -8.54. The van der Waals surface area contributed by atoms with Gasteiger partial charge in [0.25, 0.3) is 0 Å². The number of carboxylic acids is 2. The number of anilines is 4. The molecule has 2 aliphatic carbocycles. The van der Waals surface area contributed by atoms with Crippen LogP contribution in [0.3, 0.4) is 0 Å². The lowest BCUT2D eigenvalue weighted by atomic mass is 9.94. The van der Waals surface area contributed by atoms with E-state index in [4.69, 9.17) is 0 Å². The Morgan fingerprint density at radius 3 is 1.41 bits per heavy atom. The van der Waals surface area contributed by atoms with Gasteiger partial charge in [0.15, 0.2) is 51.7 Å². The highest BCUT2D eigenvalue weighted by atomic mass is 32.2. The molecule has 6 aromatic rings. The topological polar surface area (TPSA) is 311 Å². The van der Waals surface area contributed by atoms with Gasteiger partial charge in [-0.2, -0.15) is 0 Å². The molecule has 24 heteroatoms. The molecular formula is C45H42N8O12S4. The molecule has 4 heterocycles. The van der Waals surface area contributed by atoms with Crippen molar-refractivity contribution in [3.8, 4) is 0 Å². The van der Waals surface area contributed by atoms with Crippen molar-refractivity contribution in [2.45, 2.75) is 76.8 Å². The molecule has 0 spiro atoms. The van der Waals surface area contributed by atoms with Crippen LogP contribution in [0.15, 0.2) is 110 Å². The number of sulfone groups is 2. The van der Waals surface area contributed by atoms with E-state index in [0.29, 0.717) is 45.2 Å². The van der Waals surface area contributed by atoms with Crippen LogP contribution in [-0.2, 0) is 19.7 Å². The lowest BCUT2D eigenvalue weighted by Gasteiger charge is -2.14. The number of thiazole rings is 2. The highest BCUT2D eigenvalue weighted by Gasteiger charge is 2.33. The highest BCUT2D eigenvalue weighted by molar-refractivity contribution is 7.94. The van der Waals surface area contributed by atoms with Crippen LogP contribution in [0.25, 0.3) is 0 Å². The minimum atomic E-state index is -4.27. The molecule has 8 rings (SSSR count). The predicted molar refractivity (Wildman–Crippen MR) is 253 cm³/mol. The summed E-state index contributed by atoms with van der Waals surface area (Å²) in [6, 6.07) is 18.6. The van der Waals surface area contributed by atoms with E-state index in [1.807, 2.05) is 6.92 Å². The number of hydrogen-bond acceptors (Lipinski definition) is 16. The second kappa shape index (κ2) is 21.3. The monoisotopic (exact) mass is 1010 g/mol. The van der Waals surface area contributed by atoms with Crippen molar-refractivity contribution >= 4 is 99.6 Å². The molecule has 2 aromatic carbocycles. The average molecular weight is 1020 g/mol. The third-order valence-electron chi connectivity index (χ3n) is 10.9. The van der Waals surface area contributed by atoms with Crippen molar-refractivity contribution in [2.24, 2.45) is 11.8 Å². The number of carbonyl (C=O) groups is 6. The Kier molecular flexibility index (Phi) is 15.4. The number of aromatic carboxylic acids is 2. The molecule has 2 fully saturated rings. The number of aromatic nitrogens is 4. The van der Waals surface area contributed by atoms with E-state index in [0.717, 1.165) is 56.9 Å². The molecule has 2 aliphatic rings. The van der Waals surface area contributed by atoms with Gasteiger partial charge in [-0.1, -0.05) is 84.3 Å². The molecule has 4 amide bonds. The van der Waals surface area contributed by atoms with Gasteiger partial charge in [-0.3, -0.25) is 20.2 Å². The number of carbonyl (C=O) groups excluding carboxylic acids is 4. The summed E-state index contributed by atoms with van der Waals surface area (Å²) in [5.74, 6) is -3.37. The van der Waals surface area contributed by atoms with E-state index < -0.39 is 63.5 Å². The number of nitrogens with zero attached hydrogens (tertiary/aromatic N) is 4. The van der Waals surface area contributed by atoms with Gasteiger partial charge < -0.3 is 20.8 Å². The molecule has 0 bridgehead atoms. The van der Waals surface area contributed by atoms with Crippen molar-refractivity contribution in [3.63, 3.8) is 0 Å². The molecule has 2 saturated carbocycles. The van der Waals surface area contributed by atoms with Gasteiger partial charge in [0.2, 0.25) is 19.7 Å². The van der Waals surface area contributed by atoms with Gasteiger partial charge in [0, 0.05) is 35.4 Å². The van der Waals surface area contributed by atoms with Crippen LogP contribution in [0.1, 0.15) is 98.6 Å². The summed E-state index contributed by atoms with van der Waals surface area (Å²) < 4.78 is 50.5. The third-order valence-corrected chi connectivity index (χ3v) is 17.2. The Labute approximate surface area is 402 Å². The van der Waals surface area contributed by atoms with E-state index in [1.54, 1.807) is 42.5 Å². The Morgan fingerprint density at radius 1 is 0.551 bits per heavy atom. The maximum Gasteiger partial charge on any atom is 0.356 e. The lowest BCUT2D eigenvalue weighted by Crippen LogP contribution is -2.22. The molecular weight excluding hydrogens is 973 g/mol. The van der Waals surface area contributed by atoms with Crippen LogP contribution in [0.2, 0.25) is 0 Å². The third kappa shape index (κ3) is 11.5. The zero-order valence-electron chi connectivity index (χ0n) is 36.4. The number of ketones is 2. The second-order valence-corrected chi connectivity index (χ2v) is 21.9. The van der Waals surface area contributed by atoms with Crippen LogP contribution >= 0.6 is 22.7 Å². The van der Waals surface area contributed by atoms with E-state index in [1.165, 1.54) is 48.8 Å². The van der Waals surface area contributed by atoms with Crippen LogP contribution in [0.4, 0.5) is 31.2 Å². The van der Waals surface area contributed by atoms with Crippen molar-refractivity contribution in [1.82, 2.24) is 19.9 Å². The van der Waals surface area contributed by atoms with Gasteiger partial charge in [-0.05, 0) is 81.1 Å². The SMILES string of the molecule is Cc1ccc(NC(=O)Nc2nc(C(=O)O)c(S(=O)(=O)c3ccccn3)s2)c(C(=O)C2CCCC2)c1.O=C(Nc1nc(C(=O)O)c(S(=O)(=O)c2ccccn2)s1)Nc1ccccc1C(=O)C1CCCC1. The number of aryl methyl sites for hydroxylation is 1.